The van der Waals surface area contributed by atoms with Gasteiger partial charge in [0.2, 0.25) is 5.91 Å². The largest absolute Gasteiger partial charge is 0.493 e. The molecule has 3 N–H and O–H groups in total. The highest BCUT2D eigenvalue weighted by Gasteiger charge is 2.13. The maximum Gasteiger partial charge on any atom is 0.248 e. The molecule has 3 heterocycles. The minimum Gasteiger partial charge on any atom is -0.493 e. The fourth-order valence-corrected chi connectivity index (χ4v) is 3.42. The van der Waals surface area contributed by atoms with E-state index in [2.05, 4.69) is 9.97 Å². The Morgan fingerprint density at radius 1 is 1.07 bits per heavy atom. The van der Waals surface area contributed by atoms with Gasteiger partial charge in [-0.1, -0.05) is 18.2 Å². The van der Waals surface area contributed by atoms with Gasteiger partial charge in [0.05, 0.1) is 12.0 Å². The van der Waals surface area contributed by atoms with Gasteiger partial charge in [-0.2, -0.15) is 0 Å². The number of primary amides is 1. The number of amides is 1. The van der Waals surface area contributed by atoms with E-state index in [1.165, 1.54) is 12.3 Å². The average Bonchev–Trinajstić information content (AvgIpc) is 3.16. The van der Waals surface area contributed by atoms with Crippen LogP contribution in [0.5, 0.6) is 5.75 Å². The summed E-state index contributed by atoms with van der Waals surface area (Å²) in [5, 5.41) is 0.439. The van der Waals surface area contributed by atoms with Crippen LogP contribution in [-0.4, -0.2) is 22.5 Å². The van der Waals surface area contributed by atoms with Crippen LogP contribution in [-0.2, 0) is 6.42 Å². The van der Waals surface area contributed by atoms with Crippen molar-refractivity contribution in [1.29, 1.82) is 0 Å². The van der Waals surface area contributed by atoms with E-state index in [9.17, 15) is 13.6 Å². The van der Waals surface area contributed by atoms with Gasteiger partial charge in [-0.3, -0.25) is 4.79 Å². The van der Waals surface area contributed by atoms with Crippen LogP contribution in [0.2, 0.25) is 0 Å². The lowest BCUT2D eigenvalue weighted by Crippen LogP contribution is -2.10. The minimum absolute atomic E-state index is 0.137. The fraction of sp³-hybridized carbons (Fsp3) is 0.130. The second kappa shape index (κ2) is 8.32. The minimum atomic E-state index is -0.487. The zero-order valence-corrected chi connectivity index (χ0v) is 16.0. The highest BCUT2D eigenvalue weighted by atomic mass is 19.1. The maximum absolute atomic E-state index is 13.8. The van der Waals surface area contributed by atoms with Gasteiger partial charge in [0.1, 0.15) is 17.2 Å². The zero-order chi connectivity index (χ0) is 21.1. The summed E-state index contributed by atoms with van der Waals surface area (Å²) in [6.07, 6.45) is 4.62. The van der Waals surface area contributed by atoms with Gasteiger partial charge in [0.15, 0.2) is 5.82 Å². The first-order valence-corrected chi connectivity index (χ1v) is 9.46. The molecule has 0 saturated heterocycles. The summed E-state index contributed by atoms with van der Waals surface area (Å²) < 4.78 is 32.0. The molecule has 5 rings (SSSR count). The van der Waals surface area contributed by atoms with Gasteiger partial charge in [-0.05, 0) is 54.3 Å². The number of pyridine rings is 1. The lowest BCUT2D eigenvalue weighted by atomic mass is 10.0. The molecule has 0 aliphatic carbocycles. The molecule has 0 bridgehead atoms. The third-order valence-corrected chi connectivity index (χ3v) is 4.91. The number of halogens is 2. The first-order valence-electron chi connectivity index (χ1n) is 9.46. The Hall–Kier alpha value is -3.74. The van der Waals surface area contributed by atoms with Crippen molar-refractivity contribution < 1.29 is 18.3 Å². The number of benzene rings is 2. The number of aromatic nitrogens is 2. The SMILES string of the molecule is Fc1cccc2c1CCCO2.NC(=O)c1ccc(-c2ccnc3[nH]cc(F)c23)cc1. The van der Waals surface area contributed by atoms with Gasteiger partial charge in [0.25, 0.3) is 0 Å². The topological polar surface area (TPSA) is 81.0 Å². The zero-order valence-electron chi connectivity index (χ0n) is 16.0. The predicted octanol–water partition coefficient (Wildman–Crippen LogP) is 4.62. The number of nitrogens with two attached hydrogens (primary N) is 1. The molecule has 0 unspecified atom stereocenters. The number of carbonyl (C=O) groups is 1. The van der Waals surface area contributed by atoms with Crippen LogP contribution in [0.15, 0.2) is 60.9 Å². The molecule has 152 valence electrons. The first kappa shape index (κ1) is 19.6. The van der Waals surface area contributed by atoms with Gasteiger partial charge in [-0.15, -0.1) is 0 Å². The van der Waals surface area contributed by atoms with Crippen molar-refractivity contribution in [2.75, 3.05) is 6.61 Å². The van der Waals surface area contributed by atoms with Crippen LogP contribution in [0.4, 0.5) is 8.78 Å². The molecule has 0 fully saturated rings. The number of H-pyrrole nitrogens is 1. The Kier molecular flexibility index (Phi) is 5.43. The summed E-state index contributed by atoms with van der Waals surface area (Å²) >= 11 is 0. The number of nitrogens with one attached hydrogen (secondary N) is 1. The van der Waals surface area contributed by atoms with E-state index in [1.54, 1.807) is 42.6 Å². The van der Waals surface area contributed by atoms with Crippen molar-refractivity contribution in [3.8, 4) is 16.9 Å². The molecule has 4 aromatic rings. The third-order valence-electron chi connectivity index (χ3n) is 4.91. The number of carbonyl (C=O) groups excluding carboxylic acids is 1. The molecule has 0 radical (unpaired) electrons. The lowest BCUT2D eigenvalue weighted by molar-refractivity contribution is 0.100. The molecule has 7 heteroatoms. The molecular formula is C23H19F2N3O2. The Labute approximate surface area is 171 Å². The summed E-state index contributed by atoms with van der Waals surface area (Å²) in [5.41, 5.74) is 8.36. The van der Waals surface area contributed by atoms with Crippen LogP contribution < -0.4 is 10.5 Å². The number of hydrogen-bond acceptors (Lipinski definition) is 3. The van der Waals surface area contributed by atoms with Gasteiger partial charge in [0, 0.05) is 23.5 Å². The quantitative estimate of drug-likeness (QED) is 0.509. The second-order valence-corrected chi connectivity index (χ2v) is 6.83. The van der Waals surface area contributed by atoms with Crippen molar-refractivity contribution in [3.05, 3.63) is 83.7 Å². The average molecular weight is 407 g/mol. The van der Waals surface area contributed by atoms with Crippen LogP contribution in [0, 0.1) is 11.6 Å². The molecule has 0 atom stereocenters. The van der Waals surface area contributed by atoms with E-state index in [1.807, 2.05) is 6.07 Å². The Bertz CT molecular complexity index is 1200. The molecule has 0 spiro atoms. The highest BCUT2D eigenvalue weighted by Crippen LogP contribution is 2.29. The molecule has 0 saturated carbocycles. The number of rotatable bonds is 2. The van der Waals surface area contributed by atoms with Crippen LogP contribution >= 0.6 is 0 Å². The van der Waals surface area contributed by atoms with Crippen molar-refractivity contribution >= 4 is 16.9 Å². The van der Waals surface area contributed by atoms with Gasteiger partial charge >= 0.3 is 0 Å². The monoisotopic (exact) mass is 407 g/mol. The molecule has 30 heavy (non-hydrogen) atoms. The first-order chi connectivity index (χ1) is 14.5. The second-order valence-electron chi connectivity index (χ2n) is 6.83. The summed E-state index contributed by atoms with van der Waals surface area (Å²) in [7, 11) is 0. The van der Waals surface area contributed by atoms with E-state index in [-0.39, 0.29) is 11.6 Å². The van der Waals surface area contributed by atoms with Crippen molar-refractivity contribution in [3.63, 3.8) is 0 Å². The standard InChI is InChI=1S/C14H10FN3O.C9H9FO/c15-11-7-18-14-12(11)10(5-6-17-14)8-1-3-9(4-2-8)13(16)19;10-8-4-1-5-9-7(8)3-2-6-11-9/h1-7H,(H2,16,19)(H,17,18);1,4-5H,2-3,6H2. The van der Waals surface area contributed by atoms with Crippen LogP contribution in [0.3, 0.4) is 0 Å². The van der Waals surface area contributed by atoms with Gasteiger partial charge in [-0.25, -0.2) is 13.8 Å². The smallest absolute Gasteiger partial charge is 0.248 e. The summed E-state index contributed by atoms with van der Waals surface area (Å²) in [6, 6.07) is 13.4. The number of hydrogen-bond donors (Lipinski definition) is 2. The van der Waals surface area contributed by atoms with Crippen LogP contribution in [0.25, 0.3) is 22.2 Å². The number of fused-ring (bicyclic) bond motifs is 2. The molecule has 2 aromatic heterocycles. The van der Waals surface area contributed by atoms with E-state index in [4.69, 9.17) is 10.5 Å². The Morgan fingerprint density at radius 3 is 2.60 bits per heavy atom. The fourth-order valence-electron chi connectivity index (χ4n) is 3.42. The lowest BCUT2D eigenvalue weighted by Gasteiger charge is -2.16. The van der Waals surface area contributed by atoms with Gasteiger partial charge < -0.3 is 15.5 Å². The summed E-state index contributed by atoms with van der Waals surface area (Å²) in [5.74, 6) is -0.255. The number of ether oxygens (including phenoxy) is 1. The van der Waals surface area contributed by atoms with Crippen molar-refractivity contribution in [2.24, 2.45) is 5.73 Å². The molecule has 1 aliphatic rings. The molecule has 1 amide bonds. The molecule has 2 aromatic carbocycles. The summed E-state index contributed by atoms with van der Waals surface area (Å²) in [6.45, 7) is 0.719. The van der Waals surface area contributed by atoms with E-state index < -0.39 is 5.91 Å². The van der Waals surface area contributed by atoms with Crippen molar-refractivity contribution in [2.45, 2.75) is 12.8 Å². The molecular weight excluding hydrogens is 388 g/mol. The third kappa shape index (κ3) is 3.87. The predicted molar refractivity (Wildman–Crippen MR) is 110 cm³/mol. The van der Waals surface area contributed by atoms with Crippen molar-refractivity contribution in [1.82, 2.24) is 9.97 Å². The van der Waals surface area contributed by atoms with Crippen LogP contribution in [0.1, 0.15) is 22.3 Å². The number of aromatic amines is 1. The Balaban J connectivity index is 0.000000168. The normalized spacial score (nSPS) is 12.5. The summed E-state index contributed by atoms with van der Waals surface area (Å²) in [4.78, 5) is 17.9. The van der Waals surface area contributed by atoms with E-state index in [0.717, 1.165) is 41.9 Å². The Morgan fingerprint density at radius 2 is 1.87 bits per heavy atom. The van der Waals surface area contributed by atoms with E-state index in [0.29, 0.717) is 16.6 Å². The molecule has 5 nitrogen and oxygen atoms in total. The molecule has 1 aliphatic heterocycles. The number of nitrogens with zero attached hydrogens (tertiary/aromatic N) is 1. The highest BCUT2D eigenvalue weighted by molar-refractivity contribution is 5.96. The maximum atomic E-state index is 13.8. The van der Waals surface area contributed by atoms with E-state index >= 15 is 0 Å².